The van der Waals surface area contributed by atoms with Crippen molar-refractivity contribution in [2.75, 3.05) is 18.4 Å². The van der Waals surface area contributed by atoms with Gasteiger partial charge in [0.05, 0.1) is 5.69 Å². The monoisotopic (exact) mass is 302 g/mol. The van der Waals surface area contributed by atoms with Crippen molar-refractivity contribution in [2.45, 2.75) is 26.7 Å². The van der Waals surface area contributed by atoms with Crippen molar-refractivity contribution < 1.29 is 13.8 Å². The molecule has 0 saturated carbocycles. The average Bonchev–Trinajstić information content (AvgIpc) is 3.08. The number of rotatable bonds is 2. The minimum atomic E-state index is -0.160. The predicted octanol–water partition coefficient (Wildman–Crippen LogP) is 2.99. The van der Waals surface area contributed by atoms with Crippen molar-refractivity contribution >= 4 is 18.0 Å². The van der Waals surface area contributed by atoms with Gasteiger partial charge in [0.15, 0.2) is 0 Å². The topological polar surface area (TPSA) is 84.4 Å². The number of urea groups is 1. The molecule has 7 heteroatoms. The number of aromatic nitrogens is 2. The Morgan fingerprint density at radius 3 is 2.59 bits per heavy atom. The van der Waals surface area contributed by atoms with Gasteiger partial charge in [0.2, 0.25) is 5.88 Å². The van der Waals surface area contributed by atoms with Crippen LogP contribution in [0.25, 0.3) is 6.08 Å². The van der Waals surface area contributed by atoms with Gasteiger partial charge in [-0.2, -0.15) is 0 Å². The second kappa shape index (κ2) is 6.05. The van der Waals surface area contributed by atoms with Crippen molar-refractivity contribution in [3.63, 3.8) is 0 Å². The number of piperidine rings is 1. The first-order chi connectivity index (χ1) is 10.6. The molecule has 1 N–H and O–H groups in total. The highest BCUT2D eigenvalue weighted by Gasteiger charge is 2.20. The highest BCUT2D eigenvalue weighted by molar-refractivity contribution is 5.88. The minimum Gasteiger partial charge on any atom is -0.361 e. The summed E-state index contributed by atoms with van der Waals surface area (Å²) in [4.78, 5) is 13.9. The molecule has 0 unspecified atom stereocenters. The summed E-state index contributed by atoms with van der Waals surface area (Å²) in [5, 5.41) is 10.4. The van der Waals surface area contributed by atoms with Crippen molar-refractivity contribution in [1.82, 2.24) is 15.2 Å². The molecular weight excluding hydrogens is 284 g/mol. The van der Waals surface area contributed by atoms with Crippen LogP contribution in [-0.4, -0.2) is 34.3 Å². The number of amides is 2. The van der Waals surface area contributed by atoms with Crippen LogP contribution in [0.4, 0.5) is 10.7 Å². The van der Waals surface area contributed by atoms with Gasteiger partial charge >= 0.3 is 6.03 Å². The maximum Gasteiger partial charge on any atom is 0.324 e. The predicted molar refractivity (Wildman–Crippen MR) is 80.3 cm³/mol. The van der Waals surface area contributed by atoms with Crippen LogP contribution >= 0.6 is 0 Å². The number of carbonyl (C=O) groups is 1. The first-order valence-corrected chi connectivity index (χ1v) is 7.22. The Morgan fingerprint density at radius 1 is 1.23 bits per heavy atom. The third-order valence-electron chi connectivity index (χ3n) is 3.55. The summed E-state index contributed by atoms with van der Waals surface area (Å²) in [5.41, 5.74) is 2.84. The minimum absolute atomic E-state index is 0.160. The van der Waals surface area contributed by atoms with Crippen LogP contribution in [0.2, 0.25) is 0 Å². The third-order valence-corrected chi connectivity index (χ3v) is 3.55. The lowest BCUT2D eigenvalue weighted by Gasteiger charge is -2.28. The fourth-order valence-corrected chi connectivity index (χ4v) is 2.41. The second-order valence-corrected chi connectivity index (χ2v) is 5.41. The zero-order valence-electron chi connectivity index (χ0n) is 12.6. The molecule has 0 radical (unpaired) electrons. The number of nitrogens with one attached hydrogen (secondary N) is 1. The number of anilines is 1. The zero-order valence-corrected chi connectivity index (χ0v) is 12.6. The van der Waals surface area contributed by atoms with Gasteiger partial charge in [0.1, 0.15) is 11.5 Å². The SMILES string of the molecule is Cc1cc(NC(=O)N2CCC(=Cc3cc(C)on3)CC2)on1. The number of likely N-dealkylation sites (tertiary alicyclic amines) is 1. The van der Waals surface area contributed by atoms with E-state index in [1.54, 1.807) is 11.0 Å². The second-order valence-electron chi connectivity index (χ2n) is 5.41. The van der Waals surface area contributed by atoms with E-state index in [2.05, 4.69) is 15.6 Å². The molecule has 3 heterocycles. The standard InChI is InChI=1S/C15H18N4O3/c1-10-7-14(22-17-10)16-15(20)19-5-3-12(4-6-19)9-13-8-11(2)21-18-13/h7-9H,3-6H2,1-2H3,(H,16,20). The molecule has 0 spiro atoms. The molecule has 0 aromatic carbocycles. The molecular formula is C15H18N4O3. The number of carbonyl (C=O) groups excluding carboxylic acids is 1. The number of hydrogen-bond acceptors (Lipinski definition) is 5. The maximum absolute atomic E-state index is 12.1. The lowest BCUT2D eigenvalue weighted by molar-refractivity contribution is 0.207. The first kappa shape index (κ1) is 14.4. The maximum atomic E-state index is 12.1. The van der Waals surface area contributed by atoms with Crippen LogP contribution in [0, 0.1) is 13.8 Å². The van der Waals surface area contributed by atoms with Crippen molar-refractivity contribution in [3.05, 3.63) is 34.9 Å². The Bertz CT molecular complexity index is 691. The molecule has 3 rings (SSSR count). The molecule has 7 nitrogen and oxygen atoms in total. The van der Waals surface area contributed by atoms with Gasteiger partial charge in [-0.3, -0.25) is 5.32 Å². The fraction of sp³-hybridized carbons (Fsp3) is 0.400. The Kier molecular flexibility index (Phi) is 3.95. The van der Waals surface area contributed by atoms with E-state index in [9.17, 15) is 4.79 Å². The summed E-state index contributed by atoms with van der Waals surface area (Å²) in [6, 6.07) is 3.44. The molecule has 1 fully saturated rings. The smallest absolute Gasteiger partial charge is 0.324 e. The highest BCUT2D eigenvalue weighted by atomic mass is 16.5. The van der Waals surface area contributed by atoms with Crippen LogP contribution in [0.15, 0.2) is 26.8 Å². The summed E-state index contributed by atoms with van der Waals surface area (Å²) in [6.45, 7) is 5.01. The largest absolute Gasteiger partial charge is 0.361 e. The summed E-state index contributed by atoms with van der Waals surface area (Å²) in [7, 11) is 0. The molecule has 1 saturated heterocycles. The number of hydrogen-bond donors (Lipinski definition) is 1. The van der Waals surface area contributed by atoms with Crippen LogP contribution in [0.1, 0.15) is 30.0 Å². The van der Waals surface area contributed by atoms with E-state index >= 15 is 0 Å². The molecule has 116 valence electrons. The fourth-order valence-electron chi connectivity index (χ4n) is 2.41. The highest BCUT2D eigenvalue weighted by Crippen LogP contribution is 2.20. The van der Waals surface area contributed by atoms with Crippen LogP contribution in [0.3, 0.4) is 0 Å². The molecule has 2 aromatic rings. The Labute approximate surface area is 127 Å². The van der Waals surface area contributed by atoms with E-state index in [1.165, 1.54) is 5.57 Å². The van der Waals surface area contributed by atoms with E-state index in [1.807, 2.05) is 26.0 Å². The van der Waals surface area contributed by atoms with E-state index < -0.39 is 0 Å². The lowest BCUT2D eigenvalue weighted by Crippen LogP contribution is -2.39. The van der Waals surface area contributed by atoms with Crippen LogP contribution in [0.5, 0.6) is 0 Å². The normalized spacial score (nSPS) is 15.0. The summed E-state index contributed by atoms with van der Waals surface area (Å²) in [5.74, 6) is 1.17. The molecule has 2 aromatic heterocycles. The molecule has 22 heavy (non-hydrogen) atoms. The number of aryl methyl sites for hydroxylation is 2. The van der Waals surface area contributed by atoms with Gasteiger partial charge in [-0.1, -0.05) is 15.9 Å². The van der Waals surface area contributed by atoms with Crippen molar-refractivity contribution in [3.8, 4) is 0 Å². The van der Waals surface area contributed by atoms with Gasteiger partial charge in [-0.15, -0.1) is 0 Å². The Hall–Kier alpha value is -2.57. The molecule has 2 amide bonds. The van der Waals surface area contributed by atoms with Crippen molar-refractivity contribution in [2.24, 2.45) is 0 Å². The summed E-state index contributed by atoms with van der Waals surface area (Å²) < 4.78 is 10.0. The number of nitrogens with zero attached hydrogens (tertiary/aromatic N) is 3. The van der Waals surface area contributed by atoms with Gasteiger partial charge in [0.25, 0.3) is 0 Å². The van der Waals surface area contributed by atoms with Crippen LogP contribution in [-0.2, 0) is 0 Å². The average molecular weight is 302 g/mol. The van der Waals surface area contributed by atoms with Gasteiger partial charge in [0, 0.05) is 25.2 Å². The van der Waals surface area contributed by atoms with Gasteiger partial charge in [-0.25, -0.2) is 4.79 Å². The quantitative estimate of drug-likeness (QED) is 0.921. The lowest BCUT2D eigenvalue weighted by atomic mass is 10.0. The first-order valence-electron chi connectivity index (χ1n) is 7.22. The summed E-state index contributed by atoms with van der Waals surface area (Å²) in [6.07, 6.45) is 3.69. The molecule has 1 aliphatic rings. The van der Waals surface area contributed by atoms with E-state index in [0.717, 1.165) is 30.0 Å². The molecule has 0 atom stereocenters. The van der Waals surface area contributed by atoms with E-state index in [-0.39, 0.29) is 6.03 Å². The summed E-state index contributed by atoms with van der Waals surface area (Å²) >= 11 is 0. The Balaban J connectivity index is 1.55. The van der Waals surface area contributed by atoms with E-state index in [4.69, 9.17) is 9.05 Å². The van der Waals surface area contributed by atoms with Gasteiger partial charge < -0.3 is 13.9 Å². The molecule has 0 aliphatic carbocycles. The van der Waals surface area contributed by atoms with Crippen molar-refractivity contribution in [1.29, 1.82) is 0 Å². The van der Waals surface area contributed by atoms with Crippen LogP contribution < -0.4 is 5.32 Å². The zero-order chi connectivity index (χ0) is 15.5. The van der Waals surface area contributed by atoms with Gasteiger partial charge in [-0.05, 0) is 32.8 Å². The molecule has 1 aliphatic heterocycles. The molecule has 0 bridgehead atoms. The Morgan fingerprint density at radius 2 is 2.00 bits per heavy atom. The third kappa shape index (κ3) is 3.36. The van der Waals surface area contributed by atoms with E-state index in [0.29, 0.717) is 19.0 Å².